The van der Waals surface area contributed by atoms with Gasteiger partial charge in [-0.25, -0.2) is 0 Å². The number of nitro groups is 1. The molecule has 3 rings (SSSR count). The molecule has 130 valence electrons. The molecule has 1 amide bonds. The normalized spacial score (nSPS) is 23.5. The fraction of sp³-hybridized carbons (Fsp3) is 0.588. The number of hydrogen-bond donors (Lipinski definition) is 2. The van der Waals surface area contributed by atoms with Gasteiger partial charge in [0.2, 0.25) is 5.91 Å². The molecular formula is C17H24N4O3. The first kappa shape index (κ1) is 16.7. The van der Waals surface area contributed by atoms with Crippen LogP contribution < -0.4 is 10.6 Å². The van der Waals surface area contributed by atoms with Gasteiger partial charge in [-0.05, 0) is 31.9 Å². The molecule has 7 nitrogen and oxygen atoms in total. The number of piperidine rings is 1. The van der Waals surface area contributed by atoms with Crippen LogP contribution in [0.1, 0.15) is 32.1 Å². The summed E-state index contributed by atoms with van der Waals surface area (Å²) in [6.07, 6.45) is 5.01. The third kappa shape index (κ3) is 3.84. The summed E-state index contributed by atoms with van der Waals surface area (Å²) >= 11 is 0. The second-order valence-corrected chi connectivity index (χ2v) is 6.51. The number of amides is 1. The van der Waals surface area contributed by atoms with E-state index in [0.29, 0.717) is 24.7 Å². The highest BCUT2D eigenvalue weighted by atomic mass is 16.6. The zero-order valence-electron chi connectivity index (χ0n) is 13.7. The first-order chi connectivity index (χ1) is 11.6. The van der Waals surface area contributed by atoms with Crippen LogP contribution in [0.3, 0.4) is 0 Å². The predicted octanol–water partition coefficient (Wildman–Crippen LogP) is 2.14. The zero-order chi connectivity index (χ0) is 16.9. The van der Waals surface area contributed by atoms with Crippen molar-refractivity contribution in [3.05, 3.63) is 34.4 Å². The maximum Gasteiger partial charge on any atom is 0.292 e. The van der Waals surface area contributed by atoms with Gasteiger partial charge in [-0.1, -0.05) is 18.6 Å². The molecule has 0 unspecified atom stereocenters. The Kier molecular flexibility index (Phi) is 5.30. The van der Waals surface area contributed by atoms with Crippen molar-refractivity contribution in [1.82, 2.24) is 10.2 Å². The number of nitrogens with zero attached hydrogens (tertiary/aromatic N) is 2. The lowest BCUT2D eigenvalue weighted by atomic mass is 9.99. The number of rotatable bonds is 6. The number of nitrogens with one attached hydrogen (secondary N) is 2. The van der Waals surface area contributed by atoms with Crippen molar-refractivity contribution in [2.24, 2.45) is 0 Å². The summed E-state index contributed by atoms with van der Waals surface area (Å²) in [5.41, 5.74) is 0.487. The highest BCUT2D eigenvalue weighted by Crippen LogP contribution is 2.27. The lowest BCUT2D eigenvalue weighted by Gasteiger charge is -2.32. The zero-order valence-corrected chi connectivity index (χ0v) is 13.7. The van der Waals surface area contributed by atoms with Crippen molar-refractivity contribution in [2.75, 3.05) is 25.0 Å². The molecule has 2 aliphatic heterocycles. The predicted molar refractivity (Wildman–Crippen MR) is 92.0 cm³/mol. The van der Waals surface area contributed by atoms with Gasteiger partial charge in [0, 0.05) is 37.7 Å². The molecule has 2 fully saturated rings. The van der Waals surface area contributed by atoms with E-state index in [2.05, 4.69) is 15.5 Å². The third-order valence-corrected chi connectivity index (χ3v) is 4.97. The van der Waals surface area contributed by atoms with Gasteiger partial charge in [-0.15, -0.1) is 0 Å². The Bertz CT molecular complexity index is 607. The number of hydrogen-bond acceptors (Lipinski definition) is 5. The number of fused-ring (bicyclic) bond motifs is 1. The molecule has 0 aliphatic carbocycles. The smallest absolute Gasteiger partial charge is 0.292 e. The lowest BCUT2D eigenvalue weighted by Crippen LogP contribution is -2.47. The Hall–Kier alpha value is -2.15. The fourth-order valence-electron chi connectivity index (χ4n) is 3.79. The SMILES string of the molecule is O=C(CCNc1ccccc1[N+](=O)[O-])N[C@H]1CCN2CCCC[C@H]12. The lowest BCUT2D eigenvalue weighted by molar-refractivity contribution is -0.384. The molecule has 0 saturated carbocycles. The number of nitro benzene ring substituents is 1. The Labute approximate surface area is 141 Å². The van der Waals surface area contributed by atoms with E-state index < -0.39 is 4.92 Å². The summed E-state index contributed by atoms with van der Waals surface area (Å²) < 4.78 is 0. The number of para-hydroxylation sites is 2. The average molecular weight is 332 g/mol. The van der Waals surface area contributed by atoms with E-state index in [1.54, 1.807) is 18.2 Å². The van der Waals surface area contributed by atoms with Crippen molar-refractivity contribution in [2.45, 2.75) is 44.2 Å². The Morgan fingerprint density at radius 2 is 2.08 bits per heavy atom. The van der Waals surface area contributed by atoms with E-state index in [1.165, 1.54) is 25.3 Å². The van der Waals surface area contributed by atoms with Gasteiger partial charge >= 0.3 is 0 Å². The highest BCUT2D eigenvalue weighted by molar-refractivity contribution is 5.77. The summed E-state index contributed by atoms with van der Waals surface area (Å²) in [4.78, 5) is 25.2. The maximum atomic E-state index is 12.2. The van der Waals surface area contributed by atoms with Crippen molar-refractivity contribution in [1.29, 1.82) is 0 Å². The standard InChI is InChI=1S/C17H24N4O3/c22-17(19-14-9-12-20-11-4-3-6-15(14)20)8-10-18-13-5-1-2-7-16(13)21(23)24/h1-2,5,7,14-15,18H,3-4,6,8-12H2,(H,19,22)/t14-,15+/m0/s1. The Balaban J connectivity index is 1.46. The van der Waals surface area contributed by atoms with Crippen molar-refractivity contribution >= 4 is 17.3 Å². The van der Waals surface area contributed by atoms with Crippen molar-refractivity contribution < 1.29 is 9.72 Å². The number of carbonyl (C=O) groups is 1. The highest BCUT2D eigenvalue weighted by Gasteiger charge is 2.35. The molecule has 2 heterocycles. The average Bonchev–Trinajstić information content (AvgIpc) is 2.98. The molecule has 1 aromatic rings. The van der Waals surface area contributed by atoms with Crippen LogP contribution in [-0.2, 0) is 4.79 Å². The minimum Gasteiger partial charge on any atom is -0.379 e. The number of benzene rings is 1. The first-order valence-corrected chi connectivity index (χ1v) is 8.66. The Morgan fingerprint density at radius 3 is 2.92 bits per heavy atom. The van der Waals surface area contributed by atoms with Crippen LogP contribution in [0.2, 0.25) is 0 Å². The van der Waals surface area contributed by atoms with E-state index in [4.69, 9.17) is 0 Å². The minimum absolute atomic E-state index is 0.0125. The van der Waals surface area contributed by atoms with Gasteiger partial charge < -0.3 is 10.6 Å². The molecule has 2 N–H and O–H groups in total. The largest absolute Gasteiger partial charge is 0.379 e. The van der Waals surface area contributed by atoms with Crippen molar-refractivity contribution in [3.8, 4) is 0 Å². The van der Waals surface area contributed by atoms with Gasteiger partial charge in [0.1, 0.15) is 5.69 Å². The van der Waals surface area contributed by atoms with Gasteiger partial charge in [0.25, 0.3) is 5.69 Å². The molecule has 24 heavy (non-hydrogen) atoms. The minimum atomic E-state index is -0.418. The quantitative estimate of drug-likeness (QED) is 0.615. The molecule has 0 radical (unpaired) electrons. The fourth-order valence-corrected chi connectivity index (χ4v) is 3.79. The molecule has 0 spiro atoms. The van der Waals surface area contributed by atoms with E-state index in [0.717, 1.165) is 19.5 Å². The molecular weight excluding hydrogens is 308 g/mol. The van der Waals surface area contributed by atoms with E-state index >= 15 is 0 Å². The van der Waals surface area contributed by atoms with Crippen LogP contribution in [-0.4, -0.2) is 47.4 Å². The number of anilines is 1. The third-order valence-electron chi connectivity index (χ3n) is 4.97. The van der Waals surface area contributed by atoms with Crippen LogP contribution in [0.15, 0.2) is 24.3 Å². The number of carbonyl (C=O) groups excluding carboxylic acids is 1. The van der Waals surface area contributed by atoms with Crippen LogP contribution >= 0.6 is 0 Å². The van der Waals surface area contributed by atoms with Crippen LogP contribution in [0.25, 0.3) is 0 Å². The molecule has 2 saturated heterocycles. The topological polar surface area (TPSA) is 87.5 Å². The van der Waals surface area contributed by atoms with E-state index in [-0.39, 0.29) is 17.6 Å². The van der Waals surface area contributed by atoms with Crippen LogP contribution in [0.4, 0.5) is 11.4 Å². The molecule has 2 aliphatic rings. The van der Waals surface area contributed by atoms with E-state index in [9.17, 15) is 14.9 Å². The molecule has 2 atom stereocenters. The maximum absolute atomic E-state index is 12.2. The van der Waals surface area contributed by atoms with Gasteiger partial charge in [0.05, 0.1) is 4.92 Å². The molecule has 1 aromatic carbocycles. The second kappa shape index (κ2) is 7.61. The summed E-state index contributed by atoms with van der Waals surface area (Å²) in [5, 5.41) is 17.1. The molecule has 7 heteroatoms. The molecule has 0 aromatic heterocycles. The van der Waals surface area contributed by atoms with Gasteiger partial charge in [-0.2, -0.15) is 0 Å². The van der Waals surface area contributed by atoms with E-state index in [1.807, 2.05) is 0 Å². The van der Waals surface area contributed by atoms with Gasteiger partial charge in [-0.3, -0.25) is 19.8 Å². The molecule has 0 bridgehead atoms. The first-order valence-electron chi connectivity index (χ1n) is 8.66. The van der Waals surface area contributed by atoms with Crippen LogP contribution in [0, 0.1) is 10.1 Å². The summed E-state index contributed by atoms with van der Waals surface area (Å²) in [6, 6.07) is 7.23. The summed E-state index contributed by atoms with van der Waals surface area (Å²) in [7, 11) is 0. The second-order valence-electron chi connectivity index (χ2n) is 6.51. The van der Waals surface area contributed by atoms with Crippen LogP contribution in [0.5, 0.6) is 0 Å². The van der Waals surface area contributed by atoms with Crippen molar-refractivity contribution in [3.63, 3.8) is 0 Å². The summed E-state index contributed by atoms with van der Waals surface area (Å²) in [5.74, 6) is 0.0125. The Morgan fingerprint density at radius 1 is 1.25 bits per heavy atom. The summed E-state index contributed by atoms with van der Waals surface area (Å²) in [6.45, 7) is 2.61. The monoisotopic (exact) mass is 332 g/mol. The van der Waals surface area contributed by atoms with Gasteiger partial charge in [0.15, 0.2) is 0 Å².